The maximum atomic E-state index is 12.2. The van der Waals surface area contributed by atoms with Crippen LogP contribution in [-0.4, -0.2) is 49.0 Å². The van der Waals surface area contributed by atoms with Crippen LogP contribution in [0.2, 0.25) is 0 Å². The van der Waals surface area contributed by atoms with E-state index in [1.54, 1.807) is 24.3 Å². The van der Waals surface area contributed by atoms with Crippen molar-refractivity contribution in [2.75, 3.05) is 43.1 Å². The van der Waals surface area contributed by atoms with Gasteiger partial charge in [-0.05, 0) is 57.3 Å². The van der Waals surface area contributed by atoms with Crippen molar-refractivity contribution in [3.05, 3.63) is 48.2 Å². The number of anilines is 3. The number of hydrogen-bond acceptors (Lipinski definition) is 5. The zero-order valence-corrected chi connectivity index (χ0v) is 14.8. The molecule has 0 saturated carbocycles. The number of pyridine rings is 1. The third kappa shape index (κ3) is 4.28. The largest absolute Gasteiger partial charge is 0.399 e. The van der Waals surface area contributed by atoms with Gasteiger partial charge in [-0.1, -0.05) is 6.07 Å². The third-order valence-electron chi connectivity index (χ3n) is 4.70. The summed E-state index contributed by atoms with van der Waals surface area (Å²) in [6.45, 7) is 2.05. The number of aromatic nitrogens is 1. The van der Waals surface area contributed by atoms with Crippen LogP contribution in [0, 0.1) is 0 Å². The van der Waals surface area contributed by atoms with Crippen molar-refractivity contribution < 1.29 is 4.79 Å². The summed E-state index contributed by atoms with van der Waals surface area (Å²) in [5, 5.41) is 2.81. The number of nitrogen functional groups attached to an aromatic ring is 1. The van der Waals surface area contributed by atoms with E-state index in [1.807, 2.05) is 18.3 Å². The molecule has 1 fully saturated rings. The molecule has 1 aromatic heterocycles. The van der Waals surface area contributed by atoms with E-state index in [1.165, 1.54) is 0 Å². The van der Waals surface area contributed by atoms with Crippen LogP contribution >= 0.6 is 0 Å². The summed E-state index contributed by atoms with van der Waals surface area (Å²) < 4.78 is 0. The second kappa shape index (κ2) is 7.53. The molecule has 3 rings (SSSR count). The Balaban J connectivity index is 1.60. The summed E-state index contributed by atoms with van der Waals surface area (Å²) in [5.41, 5.74) is 7.90. The summed E-state index contributed by atoms with van der Waals surface area (Å²) in [6, 6.07) is 11.4. The molecular weight excluding hydrogens is 314 g/mol. The molecule has 1 aliphatic rings. The number of carbonyl (C=O) groups is 1. The summed E-state index contributed by atoms with van der Waals surface area (Å²) in [7, 11) is 4.28. The molecule has 0 radical (unpaired) electrons. The number of nitrogens with one attached hydrogen (secondary N) is 1. The van der Waals surface area contributed by atoms with Crippen LogP contribution in [-0.2, 0) is 0 Å². The summed E-state index contributed by atoms with van der Waals surface area (Å²) >= 11 is 0. The lowest BCUT2D eigenvalue weighted by Gasteiger charge is -2.36. The molecule has 0 aliphatic carbocycles. The van der Waals surface area contributed by atoms with E-state index < -0.39 is 0 Å². The Morgan fingerprint density at radius 2 is 2.00 bits per heavy atom. The fourth-order valence-electron chi connectivity index (χ4n) is 3.16. The highest BCUT2D eigenvalue weighted by molar-refractivity contribution is 6.04. The highest BCUT2D eigenvalue weighted by atomic mass is 16.1. The quantitative estimate of drug-likeness (QED) is 0.837. The molecule has 132 valence electrons. The van der Waals surface area contributed by atoms with Crippen LogP contribution in [0.1, 0.15) is 23.2 Å². The molecule has 2 aromatic rings. The fraction of sp³-hybridized carbons (Fsp3) is 0.368. The summed E-state index contributed by atoms with van der Waals surface area (Å²) in [5.74, 6) is 0.332. The minimum Gasteiger partial charge on any atom is -0.399 e. The Morgan fingerprint density at radius 3 is 2.60 bits per heavy atom. The number of rotatable bonds is 4. The minimum absolute atomic E-state index is 0.209. The van der Waals surface area contributed by atoms with Crippen molar-refractivity contribution >= 4 is 23.1 Å². The summed E-state index contributed by atoms with van der Waals surface area (Å²) in [6.07, 6.45) is 4.13. The average Bonchev–Trinajstić information content (AvgIpc) is 2.62. The second-order valence-electron chi connectivity index (χ2n) is 6.66. The minimum atomic E-state index is -0.209. The summed E-state index contributed by atoms with van der Waals surface area (Å²) in [4.78, 5) is 21.3. The van der Waals surface area contributed by atoms with Crippen molar-refractivity contribution in [1.82, 2.24) is 9.88 Å². The van der Waals surface area contributed by atoms with Crippen LogP contribution in [0.5, 0.6) is 0 Å². The number of nitrogens with two attached hydrogens (primary N) is 1. The lowest BCUT2D eigenvalue weighted by atomic mass is 10.0. The van der Waals surface area contributed by atoms with Crippen LogP contribution in [0.4, 0.5) is 17.2 Å². The molecule has 6 nitrogen and oxygen atoms in total. The molecule has 1 aromatic carbocycles. The normalized spacial score (nSPS) is 15.4. The van der Waals surface area contributed by atoms with Crippen molar-refractivity contribution in [1.29, 1.82) is 0 Å². The molecule has 1 aliphatic heterocycles. The molecule has 0 bridgehead atoms. The highest BCUT2D eigenvalue weighted by Gasteiger charge is 2.20. The third-order valence-corrected chi connectivity index (χ3v) is 4.70. The van der Waals surface area contributed by atoms with Crippen molar-refractivity contribution in [3.8, 4) is 0 Å². The number of hydrogen-bond donors (Lipinski definition) is 2. The first kappa shape index (κ1) is 17.2. The van der Waals surface area contributed by atoms with Gasteiger partial charge in [0, 0.05) is 30.4 Å². The predicted octanol–water partition coefficient (Wildman–Crippen LogP) is 2.45. The van der Waals surface area contributed by atoms with Gasteiger partial charge in [0.1, 0.15) is 5.82 Å². The first-order valence-electron chi connectivity index (χ1n) is 8.57. The maximum absolute atomic E-state index is 12.2. The molecule has 1 saturated heterocycles. The molecule has 25 heavy (non-hydrogen) atoms. The van der Waals surface area contributed by atoms with Gasteiger partial charge in [-0.25, -0.2) is 4.98 Å². The van der Waals surface area contributed by atoms with E-state index in [0.717, 1.165) is 31.6 Å². The van der Waals surface area contributed by atoms with Gasteiger partial charge in [-0.2, -0.15) is 0 Å². The first-order chi connectivity index (χ1) is 12.0. The predicted molar refractivity (Wildman–Crippen MR) is 102 cm³/mol. The number of amides is 1. The molecule has 6 heteroatoms. The van der Waals surface area contributed by atoms with Gasteiger partial charge in [0.2, 0.25) is 0 Å². The lowest BCUT2D eigenvalue weighted by Crippen LogP contribution is -2.42. The van der Waals surface area contributed by atoms with Crippen molar-refractivity contribution in [2.24, 2.45) is 0 Å². The van der Waals surface area contributed by atoms with E-state index >= 15 is 0 Å². The van der Waals surface area contributed by atoms with E-state index in [4.69, 9.17) is 5.73 Å². The van der Waals surface area contributed by atoms with E-state index in [-0.39, 0.29) is 5.91 Å². The van der Waals surface area contributed by atoms with Gasteiger partial charge >= 0.3 is 0 Å². The molecule has 0 atom stereocenters. The van der Waals surface area contributed by atoms with Gasteiger partial charge in [0.15, 0.2) is 0 Å². The Bertz CT molecular complexity index is 721. The number of carbonyl (C=O) groups excluding carboxylic acids is 1. The standard InChI is InChI=1S/C19H25N5O/c1-23(2)16-8-10-24(11-9-16)17-6-7-18(21-13-17)22-19(25)14-4-3-5-15(20)12-14/h3-7,12-13,16H,8-11,20H2,1-2H3,(H,21,22,25). The van der Waals surface area contributed by atoms with Gasteiger partial charge in [-0.15, -0.1) is 0 Å². The van der Waals surface area contributed by atoms with Crippen LogP contribution < -0.4 is 16.0 Å². The number of piperidine rings is 1. The van der Waals surface area contributed by atoms with Gasteiger partial charge in [0.05, 0.1) is 11.9 Å². The molecule has 3 N–H and O–H groups in total. The monoisotopic (exact) mass is 339 g/mol. The Morgan fingerprint density at radius 1 is 1.24 bits per heavy atom. The van der Waals surface area contributed by atoms with E-state index in [9.17, 15) is 4.79 Å². The Hall–Kier alpha value is -2.60. The van der Waals surface area contributed by atoms with E-state index in [2.05, 4.69) is 34.2 Å². The smallest absolute Gasteiger partial charge is 0.256 e. The van der Waals surface area contributed by atoms with Crippen LogP contribution in [0.3, 0.4) is 0 Å². The average molecular weight is 339 g/mol. The molecule has 0 spiro atoms. The molecular formula is C19H25N5O. The topological polar surface area (TPSA) is 74.5 Å². The zero-order chi connectivity index (χ0) is 17.8. The fourth-order valence-corrected chi connectivity index (χ4v) is 3.16. The van der Waals surface area contributed by atoms with Crippen molar-refractivity contribution in [2.45, 2.75) is 18.9 Å². The molecule has 1 amide bonds. The maximum Gasteiger partial charge on any atom is 0.256 e. The van der Waals surface area contributed by atoms with Gasteiger partial charge < -0.3 is 20.9 Å². The SMILES string of the molecule is CN(C)C1CCN(c2ccc(NC(=O)c3cccc(N)c3)nc2)CC1. The molecule has 2 heterocycles. The Labute approximate surface area is 148 Å². The zero-order valence-electron chi connectivity index (χ0n) is 14.8. The number of nitrogens with zero attached hydrogens (tertiary/aromatic N) is 3. The molecule has 0 unspecified atom stereocenters. The van der Waals surface area contributed by atoms with Gasteiger partial charge in [-0.3, -0.25) is 4.79 Å². The van der Waals surface area contributed by atoms with Gasteiger partial charge in [0.25, 0.3) is 5.91 Å². The lowest BCUT2D eigenvalue weighted by molar-refractivity contribution is 0.102. The Kier molecular flexibility index (Phi) is 5.19. The van der Waals surface area contributed by atoms with E-state index in [0.29, 0.717) is 23.1 Å². The second-order valence-corrected chi connectivity index (χ2v) is 6.66. The van der Waals surface area contributed by atoms with Crippen molar-refractivity contribution in [3.63, 3.8) is 0 Å². The number of benzene rings is 1. The van der Waals surface area contributed by atoms with Crippen LogP contribution in [0.25, 0.3) is 0 Å². The highest BCUT2D eigenvalue weighted by Crippen LogP contribution is 2.22. The van der Waals surface area contributed by atoms with Crippen LogP contribution in [0.15, 0.2) is 42.6 Å². The first-order valence-corrected chi connectivity index (χ1v) is 8.57.